The third-order valence-electron chi connectivity index (χ3n) is 4.80. The lowest BCUT2D eigenvalue weighted by molar-refractivity contribution is -0.196. The van der Waals surface area contributed by atoms with E-state index in [-0.39, 0.29) is 0 Å². The van der Waals surface area contributed by atoms with Crippen LogP contribution in [0.1, 0.15) is 31.7 Å². The first-order valence-corrected chi connectivity index (χ1v) is 7.51. The molecule has 4 unspecified atom stereocenters. The minimum Gasteiger partial charge on any atom is -0.373 e. The zero-order valence-corrected chi connectivity index (χ0v) is 11.7. The molecule has 0 spiro atoms. The molecule has 3 fully saturated rings. The molecule has 0 radical (unpaired) electrons. The van der Waals surface area contributed by atoms with Gasteiger partial charge in [-0.15, -0.1) is 0 Å². The maximum atomic E-state index is 13.2. The Bertz CT molecular complexity index is 596. The van der Waals surface area contributed by atoms with Gasteiger partial charge in [-0.2, -0.15) is 13.2 Å². The highest BCUT2D eigenvalue weighted by atomic mass is 19.4. The van der Waals surface area contributed by atoms with Crippen molar-refractivity contribution in [3.8, 4) is 0 Å². The van der Waals surface area contributed by atoms with Crippen molar-refractivity contribution in [2.45, 2.75) is 50.1 Å². The molecule has 1 aromatic rings. The Labute approximate surface area is 124 Å². The third-order valence-corrected chi connectivity index (χ3v) is 4.80. The summed E-state index contributed by atoms with van der Waals surface area (Å²) in [5.74, 6) is -3.20. The highest BCUT2D eigenvalue weighted by Gasteiger charge is 2.62. The van der Waals surface area contributed by atoms with Gasteiger partial charge in [0.15, 0.2) is 0 Å². The van der Waals surface area contributed by atoms with Crippen LogP contribution in [0.15, 0.2) is 12.4 Å². The smallest absolute Gasteiger partial charge is 0.373 e. The van der Waals surface area contributed by atoms with Crippen molar-refractivity contribution in [1.82, 2.24) is 9.55 Å². The second-order valence-corrected chi connectivity index (χ2v) is 6.26. The van der Waals surface area contributed by atoms with Gasteiger partial charge in [0.05, 0.1) is 24.0 Å². The SMILES string of the molecule is O=C(Nc1nccn1C1CC1)C1C2CCC(O2)C1C(F)(F)F. The number of fused-ring (bicyclic) bond motifs is 2. The minimum atomic E-state index is -4.42. The lowest BCUT2D eigenvalue weighted by Gasteiger charge is -2.28. The van der Waals surface area contributed by atoms with E-state index in [0.29, 0.717) is 24.8 Å². The standard InChI is InChI=1S/C14H16F3N3O2/c15-14(16,17)11-9-4-3-8(22-9)10(11)12(21)19-13-18-5-6-20(13)7-1-2-7/h5-11H,1-4H2,(H,18,19,21). The second-order valence-electron chi connectivity index (χ2n) is 6.26. The summed E-state index contributed by atoms with van der Waals surface area (Å²) in [5.41, 5.74) is 0. The van der Waals surface area contributed by atoms with Crippen molar-refractivity contribution in [3.05, 3.63) is 12.4 Å². The number of carbonyl (C=O) groups excluding carboxylic acids is 1. The number of halogens is 3. The average Bonchev–Trinajstić information content (AvgIpc) is 2.87. The predicted molar refractivity (Wildman–Crippen MR) is 70.1 cm³/mol. The van der Waals surface area contributed by atoms with Crippen LogP contribution in [0.25, 0.3) is 0 Å². The highest BCUT2D eigenvalue weighted by Crippen LogP contribution is 2.50. The lowest BCUT2D eigenvalue weighted by atomic mass is 9.78. The molecule has 2 bridgehead atoms. The van der Waals surface area contributed by atoms with Crippen molar-refractivity contribution in [2.24, 2.45) is 11.8 Å². The number of hydrogen-bond acceptors (Lipinski definition) is 3. The van der Waals surface area contributed by atoms with E-state index in [0.717, 1.165) is 12.8 Å². The van der Waals surface area contributed by atoms with E-state index in [1.54, 1.807) is 12.4 Å². The Kier molecular flexibility index (Phi) is 3.01. The first kappa shape index (κ1) is 14.0. The molecule has 1 N–H and O–H groups in total. The number of amides is 1. The van der Waals surface area contributed by atoms with Gasteiger partial charge < -0.3 is 9.30 Å². The molecular formula is C14H16F3N3O2. The number of carbonyl (C=O) groups is 1. The summed E-state index contributed by atoms with van der Waals surface area (Å²) in [7, 11) is 0. The lowest BCUT2D eigenvalue weighted by Crippen LogP contribution is -2.44. The molecule has 4 atom stereocenters. The first-order valence-electron chi connectivity index (χ1n) is 7.51. The molecule has 3 aliphatic rings. The monoisotopic (exact) mass is 315 g/mol. The fraction of sp³-hybridized carbons (Fsp3) is 0.714. The van der Waals surface area contributed by atoms with Crippen molar-refractivity contribution in [1.29, 1.82) is 0 Å². The zero-order chi connectivity index (χ0) is 15.5. The molecule has 3 heterocycles. The highest BCUT2D eigenvalue weighted by molar-refractivity contribution is 5.92. The molecule has 2 aliphatic heterocycles. The van der Waals surface area contributed by atoms with Crippen LogP contribution in [0.4, 0.5) is 19.1 Å². The van der Waals surface area contributed by atoms with Gasteiger partial charge in [-0.3, -0.25) is 10.1 Å². The normalized spacial score (nSPS) is 34.1. The number of anilines is 1. The minimum absolute atomic E-state index is 0.299. The van der Waals surface area contributed by atoms with Crippen LogP contribution in [0.2, 0.25) is 0 Å². The Hall–Kier alpha value is -1.57. The molecule has 0 aromatic carbocycles. The van der Waals surface area contributed by atoms with Gasteiger partial charge in [0.1, 0.15) is 0 Å². The number of ether oxygens (including phenoxy) is 1. The number of alkyl halides is 3. The van der Waals surface area contributed by atoms with E-state index in [1.165, 1.54) is 0 Å². The number of hydrogen-bond donors (Lipinski definition) is 1. The first-order chi connectivity index (χ1) is 10.4. The summed E-state index contributed by atoms with van der Waals surface area (Å²) in [6, 6.07) is 0.299. The Balaban J connectivity index is 1.55. The molecule has 1 amide bonds. The van der Waals surface area contributed by atoms with Crippen molar-refractivity contribution in [3.63, 3.8) is 0 Å². The van der Waals surface area contributed by atoms with E-state index in [4.69, 9.17) is 4.74 Å². The molecule has 8 heteroatoms. The molecule has 2 saturated heterocycles. The number of nitrogens with one attached hydrogen (secondary N) is 1. The van der Waals surface area contributed by atoms with E-state index in [1.807, 2.05) is 4.57 Å². The third kappa shape index (κ3) is 2.20. The fourth-order valence-corrected chi connectivity index (χ4v) is 3.68. The number of rotatable bonds is 3. The molecule has 1 aliphatic carbocycles. The molecular weight excluding hydrogens is 299 g/mol. The van der Waals surface area contributed by atoms with Crippen LogP contribution in [0, 0.1) is 11.8 Å². The largest absolute Gasteiger partial charge is 0.395 e. The van der Waals surface area contributed by atoms with Crippen molar-refractivity contribution < 1.29 is 22.7 Å². The quantitative estimate of drug-likeness (QED) is 0.932. The number of nitrogens with zero attached hydrogens (tertiary/aromatic N) is 2. The van der Waals surface area contributed by atoms with Crippen LogP contribution >= 0.6 is 0 Å². The van der Waals surface area contributed by atoms with Crippen molar-refractivity contribution in [2.75, 3.05) is 5.32 Å². The summed E-state index contributed by atoms with van der Waals surface area (Å²) in [6.45, 7) is 0. The van der Waals surface area contributed by atoms with E-state index in [9.17, 15) is 18.0 Å². The van der Waals surface area contributed by atoms with Crippen LogP contribution in [0.5, 0.6) is 0 Å². The topological polar surface area (TPSA) is 56.2 Å². The maximum Gasteiger partial charge on any atom is 0.395 e. The Morgan fingerprint density at radius 1 is 1.27 bits per heavy atom. The molecule has 4 rings (SSSR count). The van der Waals surface area contributed by atoms with Crippen LogP contribution in [-0.4, -0.2) is 33.8 Å². The predicted octanol–water partition coefficient (Wildman–Crippen LogP) is 2.51. The maximum absolute atomic E-state index is 13.2. The Morgan fingerprint density at radius 3 is 2.68 bits per heavy atom. The van der Waals surface area contributed by atoms with Gasteiger partial charge >= 0.3 is 6.18 Å². The summed E-state index contributed by atoms with van der Waals surface area (Å²) >= 11 is 0. The van der Waals surface area contributed by atoms with Gasteiger partial charge in [0, 0.05) is 18.4 Å². The summed E-state index contributed by atoms with van der Waals surface area (Å²) in [6.07, 6.45) is 0.224. The van der Waals surface area contributed by atoms with Crippen LogP contribution in [-0.2, 0) is 9.53 Å². The molecule has 1 saturated carbocycles. The van der Waals surface area contributed by atoms with E-state index >= 15 is 0 Å². The second kappa shape index (κ2) is 4.71. The molecule has 22 heavy (non-hydrogen) atoms. The van der Waals surface area contributed by atoms with E-state index in [2.05, 4.69) is 10.3 Å². The fourth-order valence-electron chi connectivity index (χ4n) is 3.68. The summed E-state index contributed by atoms with van der Waals surface area (Å²) < 4.78 is 46.9. The number of imidazole rings is 1. The van der Waals surface area contributed by atoms with Gasteiger partial charge in [0.25, 0.3) is 0 Å². The Morgan fingerprint density at radius 2 is 2.00 bits per heavy atom. The molecule has 5 nitrogen and oxygen atoms in total. The molecule has 1 aromatic heterocycles. The van der Waals surface area contributed by atoms with Crippen LogP contribution in [0.3, 0.4) is 0 Å². The zero-order valence-electron chi connectivity index (χ0n) is 11.7. The van der Waals surface area contributed by atoms with Crippen molar-refractivity contribution >= 4 is 11.9 Å². The van der Waals surface area contributed by atoms with Gasteiger partial charge in [-0.1, -0.05) is 0 Å². The average molecular weight is 315 g/mol. The summed E-state index contributed by atoms with van der Waals surface area (Å²) in [4.78, 5) is 16.5. The van der Waals surface area contributed by atoms with Crippen LogP contribution < -0.4 is 5.32 Å². The van der Waals surface area contributed by atoms with E-state index < -0.39 is 36.1 Å². The molecule has 120 valence electrons. The summed E-state index contributed by atoms with van der Waals surface area (Å²) in [5, 5.41) is 2.57. The number of aromatic nitrogens is 2. The van der Waals surface area contributed by atoms with Gasteiger partial charge in [-0.05, 0) is 25.7 Å². The van der Waals surface area contributed by atoms with Gasteiger partial charge in [-0.25, -0.2) is 4.98 Å². The van der Waals surface area contributed by atoms with Gasteiger partial charge in [0.2, 0.25) is 11.9 Å².